The molecule has 3 nitrogen and oxygen atoms in total. The lowest BCUT2D eigenvalue weighted by molar-refractivity contribution is -0.122. The Kier molecular flexibility index (Phi) is 4.05. The Hall–Kier alpha value is -1.77. The Labute approximate surface area is 120 Å². The van der Waals surface area contributed by atoms with Gasteiger partial charge in [0.1, 0.15) is 5.75 Å². The predicted octanol–water partition coefficient (Wildman–Crippen LogP) is 3.37. The Balaban J connectivity index is 1.67. The van der Waals surface area contributed by atoms with Gasteiger partial charge in [0.05, 0.1) is 12.6 Å². The van der Waals surface area contributed by atoms with Crippen molar-refractivity contribution < 1.29 is 9.53 Å². The second-order valence-corrected chi connectivity index (χ2v) is 5.62. The first kappa shape index (κ1) is 13.2. The number of ether oxygens (including phenoxy) is 1. The second-order valence-electron chi connectivity index (χ2n) is 5.62. The second kappa shape index (κ2) is 6.12. The third-order valence-corrected chi connectivity index (χ3v) is 4.08. The summed E-state index contributed by atoms with van der Waals surface area (Å²) < 4.78 is 5.73. The number of carbonyl (C=O) groups is 1. The van der Waals surface area contributed by atoms with Crippen molar-refractivity contribution in [2.45, 2.75) is 38.1 Å². The van der Waals surface area contributed by atoms with Crippen molar-refractivity contribution in [2.24, 2.45) is 5.92 Å². The van der Waals surface area contributed by atoms with Crippen LogP contribution in [0.15, 0.2) is 36.4 Å². The van der Waals surface area contributed by atoms with Crippen molar-refractivity contribution in [3.63, 3.8) is 0 Å². The number of rotatable bonds is 3. The van der Waals surface area contributed by atoms with E-state index in [1.807, 2.05) is 18.2 Å². The number of nitrogens with one attached hydrogen (secondary N) is 1. The molecule has 1 heterocycles. The molecule has 1 amide bonds. The standard InChI is InChI=1S/C17H21NO2/c19-17(12-13-6-1-2-7-13)18-15-9-5-11-20-16-10-4-3-8-14(15)16/h1,3-4,6,8,10,13,15H,2,5,7,9,11-12H2,(H,18,19)/t13-,15-/m1/s1. The summed E-state index contributed by atoms with van der Waals surface area (Å²) in [4.78, 5) is 12.2. The van der Waals surface area contributed by atoms with Gasteiger partial charge in [-0.25, -0.2) is 0 Å². The molecule has 1 N–H and O–H groups in total. The molecular formula is C17H21NO2. The molecule has 0 bridgehead atoms. The summed E-state index contributed by atoms with van der Waals surface area (Å²) in [7, 11) is 0. The average Bonchev–Trinajstić information content (AvgIpc) is 2.87. The highest BCUT2D eigenvalue weighted by Gasteiger charge is 2.22. The summed E-state index contributed by atoms with van der Waals surface area (Å²) in [6.07, 6.45) is 9.09. The van der Waals surface area contributed by atoms with Crippen LogP contribution in [0.4, 0.5) is 0 Å². The molecule has 0 unspecified atom stereocenters. The number of hydrogen-bond donors (Lipinski definition) is 1. The van der Waals surface area contributed by atoms with Crippen LogP contribution >= 0.6 is 0 Å². The zero-order chi connectivity index (χ0) is 13.8. The van der Waals surface area contributed by atoms with Crippen molar-refractivity contribution >= 4 is 5.91 Å². The summed E-state index contributed by atoms with van der Waals surface area (Å²) in [5.41, 5.74) is 1.11. The molecule has 0 fully saturated rings. The molecule has 0 aromatic heterocycles. The highest BCUT2D eigenvalue weighted by Crippen LogP contribution is 2.31. The molecule has 0 radical (unpaired) electrons. The summed E-state index contributed by atoms with van der Waals surface area (Å²) in [5.74, 6) is 1.49. The van der Waals surface area contributed by atoms with Crippen LogP contribution in [0.25, 0.3) is 0 Å². The Bertz CT molecular complexity index is 509. The normalized spacial score (nSPS) is 24.6. The molecule has 0 saturated carbocycles. The van der Waals surface area contributed by atoms with Gasteiger partial charge < -0.3 is 10.1 Å². The lowest BCUT2D eigenvalue weighted by Gasteiger charge is -2.19. The van der Waals surface area contributed by atoms with Gasteiger partial charge in [-0.2, -0.15) is 0 Å². The van der Waals surface area contributed by atoms with Gasteiger partial charge in [-0.1, -0.05) is 30.4 Å². The quantitative estimate of drug-likeness (QED) is 0.856. The zero-order valence-electron chi connectivity index (χ0n) is 11.7. The molecule has 1 aromatic rings. The number of fused-ring (bicyclic) bond motifs is 1. The molecule has 3 rings (SSSR count). The minimum Gasteiger partial charge on any atom is -0.493 e. The van der Waals surface area contributed by atoms with Crippen LogP contribution in [0.5, 0.6) is 5.75 Å². The zero-order valence-corrected chi connectivity index (χ0v) is 11.7. The molecule has 1 aliphatic heterocycles. The number of para-hydroxylation sites is 1. The number of benzene rings is 1. The third-order valence-electron chi connectivity index (χ3n) is 4.08. The topological polar surface area (TPSA) is 38.3 Å². The third kappa shape index (κ3) is 3.03. The molecule has 1 aliphatic carbocycles. The van der Waals surface area contributed by atoms with Gasteiger partial charge in [0.25, 0.3) is 0 Å². The largest absolute Gasteiger partial charge is 0.493 e. The number of amides is 1. The fourth-order valence-electron chi connectivity index (χ4n) is 3.03. The molecule has 106 valence electrons. The highest BCUT2D eigenvalue weighted by molar-refractivity contribution is 5.77. The first-order valence-corrected chi connectivity index (χ1v) is 7.50. The molecular weight excluding hydrogens is 250 g/mol. The van der Waals surface area contributed by atoms with E-state index in [4.69, 9.17) is 4.74 Å². The van der Waals surface area contributed by atoms with Gasteiger partial charge >= 0.3 is 0 Å². The van der Waals surface area contributed by atoms with Crippen LogP contribution in [0.1, 0.15) is 43.7 Å². The summed E-state index contributed by atoms with van der Waals surface area (Å²) in [6, 6.07) is 8.12. The van der Waals surface area contributed by atoms with E-state index in [2.05, 4.69) is 23.5 Å². The molecule has 20 heavy (non-hydrogen) atoms. The number of hydrogen-bond acceptors (Lipinski definition) is 2. The van der Waals surface area contributed by atoms with Crippen LogP contribution in [0.3, 0.4) is 0 Å². The van der Waals surface area contributed by atoms with E-state index in [-0.39, 0.29) is 11.9 Å². The summed E-state index contributed by atoms with van der Waals surface area (Å²) in [6.45, 7) is 0.731. The van der Waals surface area contributed by atoms with Gasteiger partial charge in [-0.15, -0.1) is 0 Å². The maximum Gasteiger partial charge on any atom is 0.221 e. The SMILES string of the molecule is O=C(C[C@@H]1C=CCC1)N[C@@H]1CCCOc2ccccc21. The van der Waals surface area contributed by atoms with Gasteiger partial charge in [-0.05, 0) is 37.7 Å². The smallest absolute Gasteiger partial charge is 0.221 e. The molecule has 2 aliphatic rings. The van der Waals surface area contributed by atoms with E-state index in [0.29, 0.717) is 12.3 Å². The van der Waals surface area contributed by atoms with Crippen molar-refractivity contribution in [3.8, 4) is 5.75 Å². The first-order chi connectivity index (χ1) is 9.83. The minimum atomic E-state index is 0.0894. The Morgan fingerprint density at radius 1 is 1.30 bits per heavy atom. The van der Waals surface area contributed by atoms with Crippen LogP contribution in [0.2, 0.25) is 0 Å². The van der Waals surface area contributed by atoms with Crippen LogP contribution in [-0.4, -0.2) is 12.5 Å². The minimum absolute atomic E-state index is 0.0894. The number of allylic oxidation sites excluding steroid dienone is 2. The van der Waals surface area contributed by atoms with E-state index < -0.39 is 0 Å². The van der Waals surface area contributed by atoms with Crippen molar-refractivity contribution in [1.29, 1.82) is 0 Å². The summed E-state index contributed by atoms with van der Waals surface area (Å²) >= 11 is 0. The van der Waals surface area contributed by atoms with E-state index in [1.165, 1.54) is 0 Å². The van der Waals surface area contributed by atoms with Crippen molar-refractivity contribution in [2.75, 3.05) is 6.61 Å². The highest BCUT2D eigenvalue weighted by atomic mass is 16.5. The van der Waals surface area contributed by atoms with Gasteiger partial charge in [0, 0.05) is 12.0 Å². The fraction of sp³-hybridized carbons (Fsp3) is 0.471. The van der Waals surface area contributed by atoms with Gasteiger partial charge in [0.15, 0.2) is 0 Å². The van der Waals surface area contributed by atoms with Crippen molar-refractivity contribution in [1.82, 2.24) is 5.32 Å². The molecule has 3 heteroatoms. The fourth-order valence-corrected chi connectivity index (χ4v) is 3.03. The lowest BCUT2D eigenvalue weighted by Crippen LogP contribution is -2.29. The maximum absolute atomic E-state index is 12.2. The molecule has 1 aromatic carbocycles. The monoisotopic (exact) mass is 271 g/mol. The molecule has 0 spiro atoms. The number of carbonyl (C=O) groups excluding carboxylic acids is 1. The maximum atomic E-state index is 12.2. The summed E-state index contributed by atoms with van der Waals surface area (Å²) in [5, 5.41) is 3.19. The Morgan fingerprint density at radius 2 is 2.20 bits per heavy atom. The van der Waals surface area contributed by atoms with Gasteiger partial charge in [0.2, 0.25) is 5.91 Å². The van der Waals surface area contributed by atoms with Crippen molar-refractivity contribution in [3.05, 3.63) is 42.0 Å². The predicted molar refractivity (Wildman–Crippen MR) is 78.5 cm³/mol. The average molecular weight is 271 g/mol. The first-order valence-electron chi connectivity index (χ1n) is 7.50. The van der Waals surface area contributed by atoms with Crippen LogP contribution in [0, 0.1) is 5.92 Å². The molecule has 2 atom stereocenters. The van der Waals surface area contributed by atoms with E-state index in [1.54, 1.807) is 0 Å². The van der Waals surface area contributed by atoms with E-state index in [9.17, 15) is 4.79 Å². The van der Waals surface area contributed by atoms with E-state index >= 15 is 0 Å². The van der Waals surface area contributed by atoms with Crippen LogP contribution in [-0.2, 0) is 4.79 Å². The Morgan fingerprint density at radius 3 is 3.05 bits per heavy atom. The van der Waals surface area contributed by atoms with Gasteiger partial charge in [-0.3, -0.25) is 4.79 Å². The molecule has 0 saturated heterocycles. The van der Waals surface area contributed by atoms with Crippen LogP contribution < -0.4 is 10.1 Å². The van der Waals surface area contributed by atoms with E-state index in [0.717, 1.165) is 43.6 Å². The lowest BCUT2D eigenvalue weighted by atomic mass is 10.0.